The Bertz CT molecular complexity index is 1110. The fourth-order valence-electron chi connectivity index (χ4n) is 5.14. The number of hydrogen-bond acceptors (Lipinski definition) is 5. The summed E-state index contributed by atoms with van der Waals surface area (Å²) in [4.78, 5) is 27.8. The maximum atomic E-state index is 12.9. The van der Waals surface area contributed by atoms with Gasteiger partial charge in [0.05, 0.1) is 23.9 Å². The van der Waals surface area contributed by atoms with Crippen molar-refractivity contribution in [3.63, 3.8) is 0 Å². The Labute approximate surface area is 181 Å². The van der Waals surface area contributed by atoms with Crippen LogP contribution < -0.4 is 4.74 Å². The molecular weight excluding hydrogens is 390 g/mol. The van der Waals surface area contributed by atoms with Crippen LogP contribution in [0, 0.1) is 5.92 Å². The zero-order valence-corrected chi connectivity index (χ0v) is 17.4. The Morgan fingerprint density at radius 2 is 1.97 bits per heavy atom. The highest BCUT2D eigenvalue weighted by molar-refractivity contribution is 5.92. The molecule has 7 heteroatoms. The molecule has 1 saturated carbocycles. The molecular formula is C24H25N5O2. The number of hydrogen-bond donors (Lipinski definition) is 0. The van der Waals surface area contributed by atoms with Crippen molar-refractivity contribution in [2.24, 2.45) is 5.92 Å². The molecule has 0 radical (unpaired) electrons. The fourth-order valence-corrected chi connectivity index (χ4v) is 5.14. The summed E-state index contributed by atoms with van der Waals surface area (Å²) < 4.78 is 9.05. The molecule has 0 unspecified atom stereocenters. The van der Waals surface area contributed by atoms with Gasteiger partial charge < -0.3 is 14.2 Å². The lowest BCUT2D eigenvalue weighted by molar-refractivity contribution is -0.00823. The molecule has 1 saturated heterocycles. The molecule has 1 aliphatic carbocycles. The van der Waals surface area contributed by atoms with Gasteiger partial charge in [0.25, 0.3) is 5.91 Å². The second-order valence-electron chi connectivity index (χ2n) is 8.87. The van der Waals surface area contributed by atoms with Gasteiger partial charge in [0.2, 0.25) is 0 Å². The number of ether oxygens (including phenoxy) is 1. The Morgan fingerprint density at radius 3 is 2.71 bits per heavy atom. The SMILES string of the molecule is O=C(c1cnccn1)N1CCC2(CC1)Oc1ccccc1-c1ncn(CC3CCC3)c12. The van der Waals surface area contributed by atoms with Gasteiger partial charge >= 0.3 is 0 Å². The zero-order chi connectivity index (χ0) is 20.8. The number of carbonyl (C=O) groups is 1. The third-order valence-electron chi connectivity index (χ3n) is 7.04. The summed E-state index contributed by atoms with van der Waals surface area (Å²) in [7, 11) is 0. The lowest BCUT2D eigenvalue weighted by Crippen LogP contribution is -2.50. The molecule has 2 aromatic heterocycles. The van der Waals surface area contributed by atoms with Crippen molar-refractivity contribution < 1.29 is 9.53 Å². The van der Waals surface area contributed by atoms with Crippen molar-refractivity contribution in [1.82, 2.24) is 24.4 Å². The summed E-state index contributed by atoms with van der Waals surface area (Å²) in [6.45, 7) is 2.23. The molecule has 3 aliphatic rings. The third-order valence-corrected chi connectivity index (χ3v) is 7.04. The number of imidazole rings is 1. The standard InChI is InChI=1S/C24H25N5O2/c30-23(19-14-25-10-11-26-19)28-12-8-24(9-13-28)22-21(18-6-1-2-7-20(18)31-24)27-16-29(22)15-17-4-3-5-17/h1-2,6-7,10-11,14,16-17H,3-5,8-9,12-13,15H2. The molecule has 2 aliphatic heterocycles. The highest BCUT2D eigenvalue weighted by Gasteiger charge is 2.47. The quantitative estimate of drug-likeness (QED) is 0.653. The van der Waals surface area contributed by atoms with Gasteiger partial charge in [-0.2, -0.15) is 0 Å². The van der Waals surface area contributed by atoms with Gasteiger partial charge in [0, 0.05) is 50.4 Å². The van der Waals surface area contributed by atoms with Crippen LogP contribution in [-0.2, 0) is 12.1 Å². The van der Waals surface area contributed by atoms with E-state index in [9.17, 15) is 4.79 Å². The van der Waals surface area contributed by atoms with E-state index in [4.69, 9.17) is 9.72 Å². The topological polar surface area (TPSA) is 73.1 Å². The minimum absolute atomic E-state index is 0.0673. The van der Waals surface area contributed by atoms with Gasteiger partial charge in [-0.15, -0.1) is 0 Å². The van der Waals surface area contributed by atoms with E-state index < -0.39 is 5.60 Å². The smallest absolute Gasteiger partial charge is 0.274 e. The van der Waals surface area contributed by atoms with Crippen molar-refractivity contribution >= 4 is 5.91 Å². The molecule has 0 N–H and O–H groups in total. The second-order valence-corrected chi connectivity index (χ2v) is 8.87. The van der Waals surface area contributed by atoms with E-state index >= 15 is 0 Å². The number of piperidine rings is 1. The van der Waals surface area contributed by atoms with E-state index in [-0.39, 0.29) is 5.91 Å². The first-order valence-corrected chi connectivity index (χ1v) is 11.1. The number of rotatable bonds is 3. The number of carbonyl (C=O) groups excluding carboxylic acids is 1. The first-order valence-electron chi connectivity index (χ1n) is 11.1. The minimum Gasteiger partial charge on any atom is -0.480 e. The van der Waals surface area contributed by atoms with Gasteiger partial charge in [-0.3, -0.25) is 9.78 Å². The molecule has 2 fully saturated rings. The first kappa shape index (κ1) is 18.5. The van der Waals surface area contributed by atoms with E-state index in [0.717, 1.165) is 42.3 Å². The van der Waals surface area contributed by atoms with Gasteiger partial charge in [-0.25, -0.2) is 9.97 Å². The van der Waals surface area contributed by atoms with Crippen molar-refractivity contribution in [3.8, 4) is 17.0 Å². The van der Waals surface area contributed by atoms with Crippen LogP contribution in [0.2, 0.25) is 0 Å². The number of nitrogens with zero attached hydrogens (tertiary/aromatic N) is 5. The summed E-state index contributed by atoms with van der Waals surface area (Å²) in [5.74, 6) is 1.55. The van der Waals surface area contributed by atoms with E-state index in [0.29, 0.717) is 18.8 Å². The van der Waals surface area contributed by atoms with E-state index in [2.05, 4.69) is 20.6 Å². The number of fused-ring (bicyclic) bond motifs is 4. The molecule has 1 spiro atoms. The van der Waals surface area contributed by atoms with Gasteiger partial charge in [-0.1, -0.05) is 18.6 Å². The fraction of sp³-hybridized carbons (Fsp3) is 0.417. The first-order chi connectivity index (χ1) is 15.2. The van der Waals surface area contributed by atoms with Crippen LogP contribution in [0.15, 0.2) is 49.2 Å². The summed E-state index contributed by atoms with van der Waals surface area (Å²) in [6, 6.07) is 8.17. The molecule has 158 valence electrons. The predicted molar refractivity (Wildman–Crippen MR) is 114 cm³/mol. The molecule has 0 bridgehead atoms. The molecule has 3 aromatic rings. The Morgan fingerprint density at radius 1 is 1.13 bits per heavy atom. The third kappa shape index (κ3) is 3.02. The zero-order valence-electron chi connectivity index (χ0n) is 17.4. The van der Waals surface area contributed by atoms with Crippen LogP contribution in [0.4, 0.5) is 0 Å². The van der Waals surface area contributed by atoms with Crippen molar-refractivity contribution in [2.75, 3.05) is 13.1 Å². The molecule has 0 atom stereocenters. The summed E-state index contributed by atoms with van der Waals surface area (Å²) in [5, 5.41) is 0. The second kappa shape index (κ2) is 7.18. The van der Waals surface area contributed by atoms with Crippen molar-refractivity contribution in [3.05, 3.63) is 60.6 Å². The van der Waals surface area contributed by atoms with Crippen LogP contribution in [0.3, 0.4) is 0 Å². The molecule has 4 heterocycles. The summed E-state index contributed by atoms with van der Waals surface area (Å²) >= 11 is 0. The normalized spacial score (nSPS) is 19.3. The number of likely N-dealkylation sites (tertiary alicyclic amines) is 1. The lowest BCUT2D eigenvalue weighted by atomic mass is 9.82. The summed E-state index contributed by atoms with van der Waals surface area (Å²) in [5.41, 5.74) is 3.22. The number of amides is 1. The van der Waals surface area contributed by atoms with Crippen LogP contribution in [0.25, 0.3) is 11.3 Å². The lowest BCUT2D eigenvalue weighted by Gasteiger charge is -2.45. The number of para-hydroxylation sites is 1. The van der Waals surface area contributed by atoms with Crippen LogP contribution >= 0.6 is 0 Å². The predicted octanol–water partition coefficient (Wildman–Crippen LogP) is 3.66. The monoisotopic (exact) mass is 415 g/mol. The average molecular weight is 415 g/mol. The molecule has 31 heavy (non-hydrogen) atoms. The Balaban J connectivity index is 1.33. The van der Waals surface area contributed by atoms with Crippen LogP contribution in [0.1, 0.15) is 48.3 Å². The Kier molecular flexibility index (Phi) is 4.30. The molecule has 7 nitrogen and oxygen atoms in total. The van der Waals surface area contributed by atoms with Crippen molar-refractivity contribution in [1.29, 1.82) is 0 Å². The maximum Gasteiger partial charge on any atom is 0.274 e. The highest BCUT2D eigenvalue weighted by atomic mass is 16.5. The molecule has 1 amide bonds. The van der Waals surface area contributed by atoms with Gasteiger partial charge in [0.15, 0.2) is 5.60 Å². The van der Waals surface area contributed by atoms with E-state index in [1.807, 2.05) is 29.4 Å². The summed E-state index contributed by atoms with van der Waals surface area (Å²) in [6.07, 6.45) is 12.0. The average Bonchev–Trinajstić information content (AvgIpc) is 3.22. The molecule has 6 rings (SSSR count). The number of aromatic nitrogens is 4. The minimum atomic E-state index is -0.455. The van der Waals surface area contributed by atoms with Gasteiger partial charge in [-0.05, 0) is 30.9 Å². The largest absolute Gasteiger partial charge is 0.480 e. The maximum absolute atomic E-state index is 12.9. The molecule has 1 aromatic carbocycles. The Hall–Kier alpha value is -3.22. The van der Waals surface area contributed by atoms with E-state index in [1.54, 1.807) is 12.4 Å². The van der Waals surface area contributed by atoms with Gasteiger partial charge in [0.1, 0.15) is 11.4 Å². The number of benzene rings is 1. The highest BCUT2D eigenvalue weighted by Crippen LogP contribution is 2.49. The van der Waals surface area contributed by atoms with Crippen LogP contribution in [-0.4, -0.2) is 43.4 Å². The van der Waals surface area contributed by atoms with E-state index in [1.165, 1.54) is 31.2 Å². The van der Waals surface area contributed by atoms with Crippen molar-refractivity contribution in [2.45, 2.75) is 44.2 Å². The van der Waals surface area contributed by atoms with Crippen LogP contribution in [0.5, 0.6) is 5.75 Å².